The molecule has 0 radical (unpaired) electrons. The number of hydrogen-bond donors (Lipinski definition) is 2. The van der Waals surface area contributed by atoms with E-state index in [0.717, 1.165) is 24.6 Å². The maximum absolute atomic E-state index is 8.80. The van der Waals surface area contributed by atoms with Crippen molar-refractivity contribution in [2.24, 2.45) is 5.73 Å². The minimum atomic E-state index is -0.181. The highest BCUT2D eigenvalue weighted by Gasteiger charge is 2.19. The fourth-order valence-electron chi connectivity index (χ4n) is 1.87. The molecule has 5 heteroatoms. The predicted octanol–water partition coefficient (Wildman–Crippen LogP) is -0.00340. The van der Waals surface area contributed by atoms with Gasteiger partial charge >= 0.3 is 0 Å². The van der Waals surface area contributed by atoms with Gasteiger partial charge in [0.05, 0.1) is 6.04 Å². The molecule has 1 aliphatic rings. The number of nitrogens with zero attached hydrogens (tertiary/aromatic N) is 3. The van der Waals surface area contributed by atoms with Gasteiger partial charge in [-0.2, -0.15) is 0 Å². The number of aromatic nitrogens is 3. The molecule has 78 valence electrons. The Hall–Kier alpha value is -0.940. The Morgan fingerprint density at radius 2 is 2.29 bits per heavy atom. The van der Waals surface area contributed by atoms with E-state index in [1.165, 1.54) is 12.8 Å². The summed E-state index contributed by atoms with van der Waals surface area (Å²) in [5.74, 6) is 1.87. The molecule has 0 saturated carbocycles. The molecule has 1 aliphatic heterocycles. The van der Waals surface area contributed by atoms with Crippen molar-refractivity contribution in [1.29, 1.82) is 0 Å². The summed E-state index contributed by atoms with van der Waals surface area (Å²) in [6, 6.07) is -0.181. The lowest BCUT2D eigenvalue weighted by molar-refractivity contribution is 0.272. The SMILES string of the molecule is NC(CCO)c1nnc2n1CCCC2. The van der Waals surface area contributed by atoms with E-state index in [0.29, 0.717) is 6.42 Å². The maximum Gasteiger partial charge on any atom is 0.150 e. The summed E-state index contributed by atoms with van der Waals surface area (Å²) in [5, 5.41) is 17.0. The standard InChI is InChI=1S/C9H16N4O/c10-7(4-6-14)9-12-11-8-3-1-2-5-13(8)9/h7,14H,1-6,10H2. The summed E-state index contributed by atoms with van der Waals surface area (Å²) in [7, 11) is 0. The molecule has 14 heavy (non-hydrogen) atoms. The van der Waals surface area contributed by atoms with E-state index in [1.54, 1.807) is 0 Å². The molecule has 1 aromatic heterocycles. The van der Waals surface area contributed by atoms with Crippen LogP contribution in [0.1, 0.15) is 37.0 Å². The third-order valence-corrected chi connectivity index (χ3v) is 2.66. The molecule has 0 bridgehead atoms. The molecule has 0 amide bonds. The molecule has 0 saturated heterocycles. The Morgan fingerprint density at radius 1 is 1.43 bits per heavy atom. The second-order valence-corrected chi connectivity index (χ2v) is 3.70. The van der Waals surface area contributed by atoms with Crippen LogP contribution in [0.2, 0.25) is 0 Å². The van der Waals surface area contributed by atoms with Crippen LogP contribution in [0.25, 0.3) is 0 Å². The van der Waals surface area contributed by atoms with Gasteiger partial charge in [-0.05, 0) is 19.3 Å². The van der Waals surface area contributed by atoms with Gasteiger partial charge in [0.1, 0.15) is 11.6 Å². The van der Waals surface area contributed by atoms with E-state index in [1.807, 2.05) is 0 Å². The molecule has 0 fully saturated rings. The summed E-state index contributed by atoms with van der Waals surface area (Å²) in [6.45, 7) is 1.07. The van der Waals surface area contributed by atoms with Crippen molar-refractivity contribution in [2.75, 3.05) is 6.61 Å². The summed E-state index contributed by atoms with van der Waals surface area (Å²) < 4.78 is 2.10. The summed E-state index contributed by atoms with van der Waals surface area (Å²) in [4.78, 5) is 0. The highest BCUT2D eigenvalue weighted by molar-refractivity contribution is 5.02. The minimum Gasteiger partial charge on any atom is -0.396 e. The Bertz CT molecular complexity index is 310. The number of hydrogen-bond acceptors (Lipinski definition) is 4. The van der Waals surface area contributed by atoms with Crippen molar-refractivity contribution in [2.45, 2.75) is 38.3 Å². The number of rotatable bonds is 3. The van der Waals surface area contributed by atoms with Crippen molar-refractivity contribution < 1.29 is 5.11 Å². The Morgan fingerprint density at radius 3 is 3.07 bits per heavy atom. The van der Waals surface area contributed by atoms with Gasteiger partial charge in [-0.25, -0.2) is 0 Å². The molecule has 1 atom stereocenters. The van der Waals surface area contributed by atoms with Gasteiger partial charge in [0.25, 0.3) is 0 Å². The van der Waals surface area contributed by atoms with Gasteiger partial charge in [-0.15, -0.1) is 10.2 Å². The normalized spacial score (nSPS) is 17.9. The van der Waals surface area contributed by atoms with Crippen LogP contribution in [-0.4, -0.2) is 26.5 Å². The zero-order valence-corrected chi connectivity index (χ0v) is 8.19. The molecule has 0 aromatic carbocycles. The molecular formula is C9H16N4O. The van der Waals surface area contributed by atoms with Crippen LogP contribution in [0.4, 0.5) is 0 Å². The Labute approximate surface area is 82.9 Å². The quantitative estimate of drug-likeness (QED) is 0.713. The topological polar surface area (TPSA) is 77.0 Å². The van der Waals surface area contributed by atoms with Crippen molar-refractivity contribution >= 4 is 0 Å². The molecule has 1 unspecified atom stereocenters. The fourth-order valence-corrected chi connectivity index (χ4v) is 1.87. The van der Waals surface area contributed by atoms with Crippen LogP contribution in [0.3, 0.4) is 0 Å². The fraction of sp³-hybridized carbons (Fsp3) is 0.778. The third-order valence-electron chi connectivity index (χ3n) is 2.66. The Balaban J connectivity index is 2.21. The highest BCUT2D eigenvalue weighted by Crippen LogP contribution is 2.18. The third kappa shape index (κ3) is 1.65. The van der Waals surface area contributed by atoms with Crippen LogP contribution in [-0.2, 0) is 13.0 Å². The van der Waals surface area contributed by atoms with Crippen LogP contribution in [0.5, 0.6) is 0 Å². The van der Waals surface area contributed by atoms with Gasteiger partial charge in [0.2, 0.25) is 0 Å². The van der Waals surface area contributed by atoms with E-state index in [-0.39, 0.29) is 12.6 Å². The second kappa shape index (κ2) is 4.06. The molecule has 3 N–H and O–H groups in total. The molecule has 5 nitrogen and oxygen atoms in total. The zero-order valence-electron chi connectivity index (χ0n) is 8.19. The number of fused-ring (bicyclic) bond motifs is 1. The van der Waals surface area contributed by atoms with Gasteiger partial charge < -0.3 is 15.4 Å². The van der Waals surface area contributed by atoms with E-state index in [4.69, 9.17) is 10.8 Å². The van der Waals surface area contributed by atoms with E-state index in [9.17, 15) is 0 Å². The molecule has 1 aromatic rings. The molecule has 2 rings (SSSR count). The predicted molar refractivity (Wildman–Crippen MR) is 51.6 cm³/mol. The van der Waals surface area contributed by atoms with Gasteiger partial charge in [-0.3, -0.25) is 0 Å². The number of aliphatic hydroxyl groups is 1. The number of aryl methyl sites for hydroxylation is 1. The smallest absolute Gasteiger partial charge is 0.150 e. The minimum absolute atomic E-state index is 0.101. The highest BCUT2D eigenvalue weighted by atomic mass is 16.3. The van der Waals surface area contributed by atoms with Gasteiger partial charge in [0.15, 0.2) is 0 Å². The molecule has 0 aliphatic carbocycles. The summed E-state index contributed by atoms with van der Waals surface area (Å²) >= 11 is 0. The lowest BCUT2D eigenvalue weighted by Gasteiger charge is -2.17. The van der Waals surface area contributed by atoms with Crippen molar-refractivity contribution in [3.63, 3.8) is 0 Å². The van der Waals surface area contributed by atoms with Crippen LogP contribution in [0.15, 0.2) is 0 Å². The van der Waals surface area contributed by atoms with Gasteiger partial charge in [-0.1, -0.05) is 0 Å². The van der Waals surface area contributed by atoms with E-state index < -0.39 is 0 Å². The van der Waals surface area contributed by atoms with E-state index >= 15 is 0 Å². The lowest BCUT2D eigenvalue weighted by Crippen LogP contribution is -2.20. The van der Waals surface area contributed by atoms with Crippen LogP contribution in [0, 0.1) is 0 Å². The first-order valence-electron chi connectivity index (χ1n) is 5.11. The lowest BCUT2D eigenvalue weighted by atomic mass is 10.1. The van der Waals surface area contributed by atoms with Crippen LogP contribution < -0.4 is 5.73 Å². The number of aliphatic hydroxyl groups excluding tert-OH is 1. The van der Waals surface area contributed by atoms with E-state index in [2.05, 4.69) is 14.8 Å². The van der Waals surface area contributed by atoms with Gasteiger partial charge in [0, 0.05) is 19.6 Å². The van der Waals surface area contributed by atoms with Crippen molar-refractivity contribution in [3.8, 4) is 0 Å². The zero-order chi connectivity index (χ0) is 9.97. The largest absolute Gasteiger partial charge is 0.396 e. The number of nitrogens with two attached hydrogens (primary N) is 1. The molecular weight excluding hydrogens is 180 g/mol. The first-order chi connectivity index (χ1) is 6.83. The average molecular weight is 196 g/mol. The van der Waals surface area contributed by atoms with Crippen molar-refractivity contribution in [1.82, 2.24) is 14.8 Å². The first-order valence-corrected chi connectivity index (χ1v) is 5.11. The van der Waals surface area contributed by atoms with Crippen LogP contribution >= 0.6 is 0 Å². The average Bonchev–Trinajstić information content (AvgIpc) is 2.61. The Kier molecular flexibility index (Phi) is 2.79. The molecule has 2 heterocycles. The van der Waals surface area contributed by atoms with Crippen molar-refractivity contribution in [3.05, 3.63) is 11.6 Å². The first kappa shape index (κ1) is 9.61. The summed E-state index contributed by atoms with van der Waals surface area (Å²) in [5.41, 5.74) is 5.89. The molecule has 0 spiro atoms. The monoisotopic (exact) mass is 196 g/mol. The maximum atomic E-state index is 8.80. The summed E-state index contributed by atoms with van der Waals surface area (Å²) in [6.07, 6.45) is 3.91. The second-order valence-electron chi connectivity index (χ2n) is 3.70.